The first-order valence-electron chi connectivity index (χ1n) is 5.23. The minimum atomic E-state index is -0.989. The van der Waals surface area contributed by atoms with Gasteiger partial charge in [0.05, 0.1) is 11.8 Å². The number of carboxylic acids is 2. The van der Waals surface area contributed by atoms with E-state index in [4.69, 9.17) is 10.2 Å². The van der Waals surface area contributed by atoms with Crippen molar-refractivity contribution >= 4 is 11.9 Å². The van der Waals surface area contributed by atoms with Crippen molar-refractivity contribution in [2.45, 2.75) is 31.8 Å². The Balaban J connectivity index is 2.17. The molecule has 0 aromatic carbocycles. The molecule has 5 heteroatoms. The van der Waals surface area contributed by atoms with Gasteiger partial charge in [-0.2, -0.15) is 0 Å². The molecule has 15 heavy (non-hydrogen) atoms. The molecule has 1 saturated carbocycles. The van der Waals surface area contributed by atoms with Crippen LogP contribution in [0, 0.1) is 11.8 Å². The van der Waals surface area contributed by atoms with Gasteiger partial charge in [0.1, 0.15) is 0 Å². The van der Waals surface area contributed by atoms with Gasteiger partial charge in [-0.1, -0.05) is 0 Å². The molecule has 3 unspecified atom stereocenters. The van der Waals surface area contributed by atoms with Gasteiger partial charge in [0, 0.05) is 18.6 Å². The molecule has 0 aromatic rings. The molecule has 1 aliphatic carbocycles. The molecule has 84 valence electrons. The molecule has 1 saturated heterocycles. The van der Waals surface area contributed by atoms with E-state index in [1.54, 1.807) is 0 Å². The first-order chi connectivity index (χ1) is 7.02. The quantitative estimate of drug-likeness (QED) is 0.702. The standard InChI is InChI=1S/C10H15NO4/c1-5-8(10(14)15)7(9(12)13)4-11(5)6-2-3-6/h5-8H,2-4H2,1H3,(H,12,13)(H,14,15). The van der Waals surface area contributed by atoms with E-state index >= 15 is 0 Å². The molecule has 0 bridgehead atoms. The highest BCUT2D eigenvalue weighted by Gasteiger charge is 2.50. The third-order valence-electron chi connectivity index (χ3n) is 3.50. The van der Waals surface area contributed by atoms with Gasteiger partial charge in [-0.25, -0.2) is 0 Å². The van der Waals surface area contributed by atoms with Crippen LogP contribution in [0.1, 0.15) is 19.8 Å². The maximum atomic E-state index is 11.0. The largest absolute Gasteiger partial charge is 0.481 e. The molecule has 0 aromatic heterocycles. The summed E-state index contributed by atoms with van der Waals surface area (Å²) in [6.45, 7) is 2.21. The van der Waals surface area contributed by atoms with Crippen LogP contribution in [0.5, 0.6) is 0 Å². The van der Waals surface area contributed by atoms with Crippen molar-refractivity contribution in [3.05, 3.63) is 0 Å². The second-order valence-electron chi connectivity index (χ2n) is 4.48. The van der Waals surface area contributed by atoms with E-state index in [1.165, 1.54) is 0 Å². The van der Waals surface area contributed by atoms with Crippen LogP contribution in [0.3, 0.4) is 0 Å². The van der Waals surface area contributed by atoms with Crippen LogP contribution in [0.2, 0.25) is 0 Å². The number of carbonyl (C=O) groups is 2. The molecule has 2 N–H and O–H groups in total. The van der Waals surface area contributed by atoms with Gasteiger partial charge in [-0.15, -0.1) is 0 Å². The minimum Gasteiger partial charge on any atom is -0.481 e. The zero-order valence-electron chi connectivity index (χ0n) is 8.59. The molecule has 0 spiro atoms. The predicted octanol–water partition coefficient (Wildman–Crippen LogP) is 0.254. The van der Waals surface area contributed by atoms with Gasteiger partial charge in [-0.05, 0) is 19.8 Å². The highest BCUT2D eigenvalue weighted by atomic mass is 16.4. The summed E-state index contributed by atoms with van der Waals surface area (Å²) in [5.74, 6) is -3.49. The Labute approximate surface area is 87.7 Å². The highest BCUT2D eigenvalue weighted by molar-refractivity contribution is 5.81. The summed E-state index contributed by atoms with van der Waals surface area (Å²) in [6.07, 6.45) is 2.14. The Bertz CT molecular complexity index is 300. The first kappa shape index (κ1) is 10.4. The Morgan fingerprint density at radius 2 is 1.80 bits per heavy atom. The Hall–Kier alpha value is -1.10. The van der Waals surface area contributed by atoms with Crippen molar-refractivity contribution in [1.29, 1.82) is 0 Å². The average molecular weight is 213 g/mol. The topological polar surface area (TPSA) is 77.8 Å². The van der Waals surface area contributed by atoms with Crippen LogP contribution in [-0.2, 0) is 9.59 Å². The Morgan fingerprint density at radius 3 is 2.13 bits per heavy atom. The third kappa shape index (κ3) is 1.71. The van der Waals surface area contributed by atoms with Crippen LogP contribution >= 0.6 is 0 Å². The van der Waals surface area contributed by atoms with E-state index < -0.39 is 23.8 Å². The normalized spacial score (nSPS) is 36.7. The van der Waals surface area contributed by atoms with Crippen molar-refractivity contribution < 1.29 is 19.8 Å². The van der Waals surface area contributed by atoms with Crippen LogP contribution in [-0.4, -0.2) is 45.7 Å². The third-order valence-corrected chi connectivity index (χ3v) is 3.50. The molecule has 1 heterocycles. The highest BCUT2D eigenvalue weighted by Crippen LogP contribution is 2.38. The zero-order chi connectivity index (χ0) is 11.2. The number of hydrogen-bond acceptors (Lipinski definition) is 3. The van der Waals surface area contributed by atoms with Crippen molar-refractivity contribution in [3.63, 3.8) is 0 Å². The summed E-state index contributed by atoms with van der Waals surface area (Å²) in [5.41, 5.74) is 0. The van der Waals surface area contributed by atoms with Crippen LogP contribution in [0.15, 0.2) is 0 Å². The molecule has 2 fully saturated rings. The van der Waals surface area contributed by atoms with Crippen molar-refractivity contribution in [2.24, 2.45) is 11.8 Å². The maximum Gasteiger partial charge on any atom is 0.309 e. The summed E-state index contributed by atoms with van der Waals surface area (Å²) in [7, 11) is 0. The van der Waals surface area contributed by atoms with Gasteiger partial charge < -0.3 is 10.2 Å². The average Bonchev–Trinajstić information content (AvgIpc) is 2.89. The Morgan fingerprint density at radius 1 is 1.20 bits per heavy atom. The predicted molar refractivity (Wildman–Crippen MR) is 51.4 cm³/mol. The molecule has 5 nitrogen and oxygen atoms in total. The number of carboxylic acid groups (broad SMARTS) is 2. The summed E-state index contributed by atoms with van der Waals surface area (Å²) in [4.78, 5) is 24.0. The second-order valence-corrected chi connectivity index (χ2v) is 4.48. The fraction of sp³-hybridized carbons (Fsp3) is 0.800. The minimum absolute atomic E-state index is 0.156. The van der Waals surface area contributed by atoms with E-state index in [9.17, 15) is 9.59 Å². The molecule has 2 rings (SSSR count). The number of aliphatic carboxylic acids is 2. The lowest BCUT2D eigenvalue weighted by atomic mass is 9.91. The molecule has 1 aliphatic heterocycles. The monoisotopic (exact) mass is 213 g/mol. The molecular formula is C10H15NO4. The molecule has 0 amide bonds. The van der Waals surface area contributed by atoms with Crippen LogP contribution < -0.4 is 0 Å². The lowest BCUT2D eigenvalue weighted by Crippen LogP contribution is -2.35. The van der Waals surface area contributed by atoms with Gasteiger partial charge >= 0.3 is 11.9 Å². The summed E-state index contributed by atoms with van der Waals surface area (Å²) in [6, 6.07) is 0.266. The fourth-order valence-electron chi connectivity index (χ4n) is 2.55. The maximum absolute atomic E-state index is 11.0. The number of likely N-dealkylation sites (tertiary alicyclic amines) is 1. The first-order valence-corrected chi connectivity index (χ1v) is 5.23. The molecule has 2 aliphatic rings. The van der Waals surface area contributed by atoms with Gasteiger partial charge in [0.15, 0.2) is 0 Å². The van der Waals surface area contributed by atoms with Crippen molar-refractivity contribution in [1.82, 2.24) is 4.90 Å². The van der Waals surface area contributed by atoms with Crippen LogP contribution in [0.4, 0.5) is 0 Å². The van der Waals surface area contributed by atoms with Crippen molar-refractivity contribution in [3.8, 4) is 0 Å². The second kappa shape index (κ2) is 3.48. The summed E-state index contributed by atoms with van der Waals surface area (Å²) < 4.78 is 0. The van der Waals surface area contributed by atoms with Crippen LogP contribution in [0.25, 0.3) is 0 Å². The van der Waals surface area contributed by atoms with E-state index in [0.717, 1.165) is 12.8 Å². The number of rotatable bonds is 3. The number of nitrogens with zero attached hydrogens (tertiary/aromatic N) is 1. The van der Waals surface area contributed by atoms with Gasteiger partial charge in [-0.3, -0.25) is 14.5 Å². The van der Waals surface area contributed by atoms with Gasteiger partial charge in [0.25, 0.3) is 0 Å². The Kier molecular flexibility index (Phi) is 2.42. The lowest BCUT2D eigenvalue weighted by molar-refractivity contribution is -0.152. The van der Waals surface area contributed by atoms with E-state index in [1.807, 2.05) is 11.8 Å². The van der Waals surface area contributed by atoms with E-state index in [0.29, 0.717) is 12.6 Å². The fourth-order valence-corrected chi connectivity index (χ4v) is 2.55. The van der Waals surface area contributed by atoms with E-state index in [2.05, 4.69) is 0 Å². The zero-order valence-corrected chi connectivity index (χ0v) is 8.59. The number of hydrogen-bond donors (Lipinski definition) is 2. The van der Waals surface area contributed by atoms with Crippen molar-refractivity contribution in [2.75, 3.05) is 6.54 Å². The SMILES string of the molecule is CC1C(C(=O)O)C(C(=O)O)CN1C1CC1. The smallest absolute Gasteiger partial charge is 0.309 e. The van der Waals surface area contributed by atoms with Gasteiger partial charge in [0.2, 0.25) is 0 Å². The molecule has 3 atom stereocenters. The molecular weight excluding hydrogens is 198 g/mol. The lowest BCUT2D eigenvalue weighted by Gasteiger charge is -2.21. The van der Waals surface area contributed by atoms with E-state index in [-0.39, 0.29) is 6.04 Å². The molecule has 0 radical (unpaired) electrons. The summed E-state index contributed by atoms with van der Waals surface area (Å²) >= 11 is 0. The summed E-state index contributed by atoms with van der Waals surface area (Å²) in [5, 5.41) is 18.0.